The molecular weight excluding hydrogens is 260 g/mol. The molecule has 2 aliphatic heterocycles. The van der Waals surface area contributed by atoms with Crippen LogP contribution >= 0.6 is 0 Å². The number of aryl methyl sites for hydroxylation is 1. The third kappa shape index (κ3) is 3.65. The summed E-state index contributed by atoms with van der Waals surface area (Å²) in [5, 5.41) is 3.43. The first-order chi connectivity index (χ1) is 10.3. The second kappa shape index (κ2) is 7.08. The monoisotopic (exact) mass is 286 g/mol. The Labute approximate surface area is 127 Å². The first-order valence-electron chi connectivity index (χ1n) is 8.39. The molecule has 0 bridgehead atoms. The van der Waals surface area contributed by atoms with Crippen molar-refractivity contribution in [3.05, 3.63) is 35.9 Å². The summed E-state index contributed by atoms with van der Waals surface area (Å²) < 4.78 is 0. The van der Waals surface area contributed by atoms with E-state index in [2.05, 4.69) is 22.3 Å². The molecule has 3 nitrogen and oxygen atoms in total. The summed E-state index contributed by atoms with van der Waals surface area (Å²) in [7, 11) is 0. The predicted molar refractivity (Wildman–Crippen MR) is 85.1 cm³/mol. The van der Waals surface area contributed by atoms with Gasteiger partial charge < -0.3 is 10.2 Å². The number of nitrogens with one attached hydrogen (secondary N) is 1. The summed E-state index contributed by atoms with van der Waals surface area (Å²) in [6.07, 6.45) is 6.38. The lowest BCUT2D eigenvalue weighted by Gasteiger charge is -2.34. The number of hydrogen-bond acceptors (Lipinski definition) is 2. The van der Waals surface area contributed by atoms with E-state index in [9.17, 15) is 4.79 Å². The van der Waals surface area contributed by atoms with Gasteiger partial charge in [-0.25, -0.2) is 0 Å². The largest absolute Gasteiger partial charge is 0.339 e. The van der Waals surface area contributed by atoms with Crippen LogP contribution in [0.2, 0.25) is 0 Å². The minimum atomic E-state index is 0.361. The van der Waals surface area contributed by atoms with E-state index in [1.807, 2.05) is 18.2 Å². The summed E-state index contributed by atoms with van der Waals surface area (Å²) >= 11 is 0. The molecule has 1 unspecified atom stereocenters. The molecule has 0 spiro atoms. The number of carbonyl (C=O) groups is 1. The fourth-order valence-electron chi connectivity index (χ4n) is 3.86. The second-order valence-corrected chi connectivity index (χ2v) is 6.37. The van der Waals surface area contributed by atoms with Gasteiger partial charge in [-0.15, -0.1) is 0 Å². The van der Waals surface area contributed by atoms with Gasteiger partial charge in [0.15, 0.2) is 0 Å². The standard InChI is InChI=1S/C18H26N2O/c21-18(9-8-15-5-2-1-3-6-15)20-14-4-7-17(20)16-10-12-19-13-11-16/h1-3,5-6,16-17,19H,4,7-14H2. The average Bonchev–Trinajstić information content (AvgIpc) is 3.04. The van der Waals surface area contributed by atoms with E-state index in [-0.39, 0.29) is 0 Å². The van der Waals surface area contributed by atoms with Crippen LogP contribution in [0.5, 0.6) is 0 Å². The molecule has 3 heteroatoms. The Morgan fingerprint density at radius 1 is 1.14 bits per heavy atom. The Hall–Kier alpha value is -1.35. The topological polar surface area (TPSA) is 32.3 Å². The van der Waals surface area contributed by atoms with Gasteiger partial charge in [0, 0.05) is 19.0 Å². The zero-order chi connectivity index (χ0) is 14.5. The van der Waals surface area contributed by atoms with E-state index < -0.39 is 0 Å². The Bertz CT molecular complexity index is 454. The molecule has 0 aliphatic carbocycles. The van der Waals surface area contributed by atoms with Crippen LogP contribution < -0.4 is 5.32 Å². The van der Waals surface area contributed by atoms with Crippen molar-refractivity contribution in [2.75, 3.05) is 19.6 Å². The molecule has 114 valence electrons. The van der Waals surface area contributed by atoms with E-state index in [0.717, 1.165) is 32.0 Å². The lowest BCUT2D eigenvalue weighted by Crippen LogP contribution is -2.43. The lowest BCUT2D eigenvalue weighted by atomic mass is 9.88. The van der Waals surface area contributed by atoms with Gasteiger partial charge in [0.25, 0.3) is 0 Å². The summed E-state index contributed by atoms with van der Waals surface area (Å²) in [4.78, 5) is 14.8. The SMILES string of the molecule is O=C(CCc1ccccc1)N1CCCC1C1CCNCC1. The molecule has 3 rings (SSSR count). The maximum Gasteiger partial charge on any atom is 0.223 e. The van der Waals surface area contributed by atoms with E-state index in [1.165, 1.54) is 31.2 Å². The summed E-state index contributed by atoms with van der Waals surface area (Å²) in [5.74, 6) is 1.08. The van der Waals surface area contributed by atoms with Gasteiger partial charge in [-0.2, -0.15) is 0 Å². The van der Waals surface area contributed by atoms with Crippen molar-refractivity contribution in [3.8, 4) is 0 Å². The molecular formula is C18H26N2O. The molecule has 2 saturated heterocycles. The first kappa shape index (κ1) is 14.6. The van der Waals surface area contributed by atoms with Crippen LogP contribution in [0, 0.1) is 5.92 Å². The smallest absolute Gasteiger partial charge is 0.223 e. The second-order valence-electron chi connectivity index (χ2n) is 6.37. The van der Waals surface area contributed by atoms with Gasteiger partial charge in [0.2, 0.25) is 5.91 Å². The lowest BCUT2D eigenvalue weighted by molar-refractivity contribution is -0.133. The number of hydrogen-bond donors (Lipinski definition) is 1. The Kier molecular flexibility index (Phi) is 4.91. The number of carbonyl (C=O) groups excluding carboxylic acids is 1. The Morgan fingerprint density at radius 3 is 2.67 bits per heavy atom. The van der Waals surface area contributed by atoms with Gasteiger partial charge in [-0.1, -0.05) is 30.3 Å². The van der Waals surface area contributed by atoms with Crippen LogP contribution in [0.15, 0.2) is 30.3 Å². The zero-order valence-corrected chi connectivity index (χ0v) is 12.8. The highest BCUT2D eigenvalue weighted by Crippen LogP contribution is 2.30. The highest BCUT2D eigenvalue weighted by Gasteiger charge is 2.34. The summed E-state index contributed by atoms with van der Waals surface area (Å²) in [6.45, 7) is 3.21. The number of benzene rings is 1. The number of rotatable bonds is 4. The van der Waals surface area contributed by atoms with Crippen LogP contribution in [0.1, 0.15) is 37.7 Å². The Morgan fingerprint density at radius 2 is 1.90 bits per heavy atom. The van der Waals surface area contributed by atoms with Crippen molar-refractivity contribution in [3.63, 3.8) is 0 Å². The Balaban J connectivity index is 1.55. The third-order valence-corrected chi connectivity index (χ3v) is 5.02. The molecule has 21 heavy (non-hydrogen) atoms. The van der Waals surface area contributed by atoms with Gasteiger partial charge in [0.05, 0.1) is 0 Å². The molecule has 1 aromatic rings. The fraction of sp³-hybridized carbons (Fsp3) is 0.611. The van der Waals surface area contributed by atoms with E-state index in [4.69, 9.17) is 0 Å². The van der Waals surface area contributed by atoms with Crippen LogP contribution in [0.3, 0.4) is 0 Å². The van der Waals surface area contributed by atoms with Crippen molar-refractivity contribution < 1.29 is 4.79 Å². The minimum Gasteiger partial charge on any atom is -0.339 e. The molecule has 0 aromatic heterocycles. The molecule has 2 fully saturated rings. The number of nitrogens with zero attached hydrogens (tertiary/aromatic N) is 1. The summed E-state index contributed by atoms with van der Waals surface area (Å²) in [6, 6.07) is 10.9. The van der Waals surface area contributed by atoms with Crippen LogP contribution in [-0.4, -0.2) is 36.5 Å². The quantitative estimate of drug-likeness (QED) is 0.923. The molecule has 1 amide bonds. The number of likely N-dealkylation sites (tertiary alicyclic amines) is 1. The van der Waals surface area contributed by atoms with Gasteiger partial charge in [-0.3, -0.25) is 4.79 Å². The van der Waals surface area contributed by atoms with Gasteiger partial charge in [-0.05, 0) is 56.7 Å². The maximum absolute atomic E-state index is 12.6. The number of amides is 1. The van der Waals surface area contributed by atoms with Crippen molar-refractivity contribution >= 4 is 5.91 Å². The van der Waals surface area contributed by atoms with E-state index in [1.54, 1.807) is 0 Å². The average molecular weight is 286 g/mol. The van der Waals surface area contributed by atoms with Gasteiger partial charge >= 0.3 is 0 Å². The van der Waals surface area contributed by atoms with Crippen LogP contribution in [0.25, 0.3) is 0 Å². The molecule has 0 radical (unpaired) electrons. The van der Waals surface area contributed by atoms with E-state index >= 15 is 0 Å². The molecule has 0 saturated carbocycles. The van der Waals surface area contributed by atoms with Crippen molar-refractivity contribution in [2.45, 2.75) is 44.6 Å². The zero-order valence-electron chi connectivity index (χ0n) is 12.8. The fourth-order valence-corrected chi connectivity index (χ4v) is 3.86. The molecule has 2 heterocycles. The van der Waals surface area contributed by atoms with Crippen LogP contribution in [-0.2, 0) is 11.2 Å². The number of piperidine rings is 1. The third-order valence-electron chi connectivity index (χ3n) is 5.02. The van der Waals surface area contributed by atoms with Crippen molar-refractivity contribution in [2.24, 2.45) is 5.92 Å². The highest BCUT2D eigenvalue weighted by molar-refractivity contribution is 5.77. The summed E-state index contributed by atoms with van der Waals surface area (Å²) in [5.41, 5.74) is 1.27. The molecule has 2 aliphatic rings. The van der Waals surface area contributed by atoms with E-state index in [0.29, 0.717) is 18.4 Å². The maximum atomic E-state index is 12.6. The minimum absolute atomic E-state index is 0.361. The molecule has 1 aromatic carbocycles. The van der Waals surface area contributed by atoms with Crippen molar-refractivity contribution in [1.82, 2.24) is 10.2 Å². The predicted octanol–water partition coefficient (Wildman–Crippen LogP) is 2.61. The van der Waals surface area contributed by atoms with Crippen molar-refractivity contribution in [1.29, 1.82) is 0 Å². The normalized spacial score (nSPS) is 23.4. The highest BCUT2D eigenvalue weighted by atomic mass is 16.2. The first-order valence-corrected chi connectivity index (χ1v) is 8.39. The molecule has 1 atom stereocenters. The van der Waals surface area contributed by atoms with Gasteiger partial charge in [0.1, 0.15) is 0 Å². The molecule has 1 N–H and O–H groups in total. The van der Waals surface area contributed by atoms with Crippen LogP contribution in [0.4, 0.5) is 0 Å².